The second-order valence-corrected chi connectivity index (χ2v) is 5.39. The van der Waals surface area contributed by atoms with Crippen LogP contribution in [0.5, 0.6) is 0 Å². The Kier molecular flexibility index (Phi) is 3.81. The number of azo groups is 1. The molecular formula is C13H10N6O3S. The van der Waals surface area contributed by atoms with E-state index in [1.165, 1.54) is 40.3 Å². The number of nitrogens with zero attached hydrogens (tertiary/aromatic N) is 5. The van der Waals surface area contributed by atoms with Crippen LogP contribution in [0, 0.1) is 17.0 Å². The quantitative estimate of drug-likeness (QED) is 0.448. The van der Waals surface area contributed by atoms with Gasteiger partial charge in [-0.15, -0.1) is 21.6 Å². The van der Waals surface area contributed by atoms with E-state index in [0.29, 0.717) is 16.5 Å². The number of hydrogen-bond acceptors (Lipinski definition) is 7. The number of thiazole rings is 1. The number of nitro benzene ring substituents is 1. The minimum Gasteiger partial charge on any atom is -0.293 e. The molecule has 1 aromatic carbocycles. The molecule has 9 nitrogen and oxygen atoms in total. The third-order valence-electron chi connectivity index (χ3n) is 3.01. The van der Waals surface area contributed by atoms with Gasteiger partial charge < -0.3 is 0 Å². The van der Waals surface area contributed by atoms with Gasteiger partial charge in [-0.1, -0.05) is 0 Å². The fourth-order valence-electron chi connectivity index (χ4n) is 1.92. The van der Waals surface area contributed by atoms with Crippen molar-refractivity contribution >= 4 is 27.8 Å². The smallest absolute Gasteiger partial charge is 0.293 e. The SMILES string of the molecule is Cc1[nH]n(-c2ccc([N+](=O)[O-])cc2)c(=O)c1N=Nc1nccs1. The van der Waals surface area contributed by atoms with E-state index in [0.717, 1.165) is 0 Å². The lowest BCUT2D eigenvalue weighted by molar-refractivity contribution is -0.384. The predicted molar refractivity (Wildman–Crippen MR) is 84.1 cm³/mol. The molecule has 0 aliphatic carbocycles. The normalized spacial score (nSPS) is 11.2. The molecule has 0 amide bonds. The maximum Gasteiger partial charge on any atom is 0.299 e. The van der Waals surface area contributed by atoms with Crippen molar-refractivity contribution in [2.45, 2.75) is 6.92 Å². The molecule has 2 heterocycles. The molecule has 0 spiro atoms. The summed E-state index contributed by atoms with van der Waals surface area (Å²) >= 11 is 1.31. The van der Waals surface area contributed by atoms with Crippen LogP contribution in [-0.2, 0) is 0 Å². The van der Waals surface area contributed by atoms with Crippen molar-refractivity contribution in [2.24, 2.45) is 10.2 Å². The van der Waals surface area contributed by atoms with Crippen molar-refractivity contribution in [3.05, 3.63) is 62.0 Å². The lowest BCUT2D eigenvalue weighted by Gasteiger charge is -2.00. The van der Waals surface area contributed by atoms with Crippen LogP contribution in [0.25, 0.3) is 5.69 Å². The number of benzene rings is 1. The molecule has 0 saturated heterocycles. The maximum absolute atomic E-state index is 12.4. The van der Waals surface area contributed by atoms with Gasteiger partial charge in [0.25, 0.3) is 11.2 Å². The van der Waals surface area contributed by atoms with Gasteiger partial charge in [-0.3, -0.25) is 20.0 Å². The lowest BCUT2D eigenvalue weighted by atomic mass is 10.3. The zero-order valence-corrected chi connectivity index (χ0v) is 12.6. The third-order valence-corrected chi connectivity index (χ3v) is 3.67. The summed E-state index contributed by atoms with van der Waals surface area (Å²) in [4.78, 5) is 26.5. The van der Waals surface area contributed by atoms with E-state index in [9.17, 15) is 14.9 Å². The van der Waals surface area contributed by atoms with Crippen molar-refractivity contribution in [3.63, 3.8) is 0 Å². The van der Waals surface area contributed by atoms with Crippen LogP contribution in [0.4, 0.5) is 16.5 Å². The topological polar surface area (TPSA) is 119 Å². The number of H-pyrrole nitrogens is 1. The maximum atomic E-state index is 12.4. The van der Waals surface area contributed by atoms with E-state index >= 15 is 0 Å². The Labute approximate surface area is 133 Å². The molecular weight excluding hydrogens is 320 g/mol. The molecule has 2 aromatic heterocycles. The fourth-order valence-corrected chi connectivity index (χ4v) is 2.37. The highest BCUT2D eigenvalue weighted by molar-refractivity contribution is 7.13. The Bertz CT molecular complexity index is 924. The summed E-state index contributed by atoms with van der Waals surface area (Å²) in [5.74, 6) is 0. The first kappa shape index (κ1) is 14.8. The lowest BCUT2D eigenvalue weighted by Crippen LogP contribution is -2.13. The van der Waals surface area contributed by atoms with Gasteiger partial charge in [0.1, 0.15) is 0 Å². The van der Waals surface area contributed by atoms with Gasteiger partial charge in [0.15, 0.2) is 5.69 Å². The van der Waals surface area contributed by atoms with Crippen molar-refractivity contribution in [1.29, 1.82) is 0 Å². The Hall–Kier alpha value is -3.14. The standard InChI is InChI=1S/C13H10N6O3S/c1-8-11(15-16-13-14-6-7-23-13)12(20)18(17-8)9-2-4-10(5-3-9)19(21)22/h2-7,17H,1H3. The minimum atomic E-state index is -0.500. The molecule has 0 saturated carbocycles. The summed E-state index contributed by atoms with van der Waals surface area (Å²) in [6.45, 7) is 1.69. The summed E-state index contributed by atoms with van der Waals surface area (Å²) in [6, 6.07) is 5.62. The van der Waals surface area contributed by atoms with Crippen LogP contribution in [0.1, 0.15) is 5.69 Å². The Morgan fingerprint density at radius 2 is 2.04 bits per heavy atom. The molecule has 0 unspecified atom stereocenters. The van der Waals surface area contributed by atoms with Gasteiger partial charge in [0.05, 0.1) is 16.3 Å². The number of hydrogen-bond donors (Lipinski definition) is 1. The van der Waals surface area contributed by atoms with E-state index in [1.807, 2.05) is 0 Å². The summed E-state index contributed by atoms with van der Waals surface area (Å²) in [5, 5.41) is 23.6. The first-order valence-electron chi connectivity index (χ1n) is 6.44. The predicted octanol–water partition coefficient (Wildman–Crippen LogP) is 3.25. The number of rotatable bonds is 4. The number of non-ortho nitro benzene ring substituents is 1. The number of aromatic amines is 1. The number of nitrogens with one attached hydrogen (secondary N) is 1. The second kappa shape index (κ2) is 5.93. The summed E-state index contributed by atoms with van der Waals surface area (Å²) in [7, 11) is 0. The highest BCUT2D eigenvalue weighted by Gasteiger charge is 2.13. The van der Waals surface area contributed by atoms with E-state index in [4.69, 9.17) is 0 Å². The summed E-state index contributed by atoms with van der Waals surface area (Å²) < 4.78 is 1.26. The molecule has 3 rings (SSSR count). The van der Waals surface area contributed by atoms with Crippen LogP contribution in [-0.4, -0.2) is 19.7 Å². The molecule has 0 bridgehead atoms. The molecule has 10 heteroatoms. The van der Waals surface area contributed by atoms with Gasteiger partial charge in [-0.2, -0.15) is 0 Å². The number of aryl methyl sites for hydroxylation is 1. The first-order chi connectivity index (χ1) is 11.1. The van der Waals surface area contributed by atoms with Gasteiger partial charge in [-0.25, -0.2) is 9.67 Å². The highest BCUT2D eigenvalue weighted by atomic mass is 32.1. The van der Waals surface area contributed by atoms with Crippen molar-refractivity contribution in [1.82, 2.24) is 14.8 Å². The zero-order chi connectivity index (χ0) is 16.4. The first-order valence-corrected chi connectivity index (χ1v) is 7.32. The molecule has 0 aliphatic rings. The Morgan fingerprint density at radius 3 is 2.65 bits per heavy atom. The molecule has 116 valence electrons. The van der Waals surface area contributed by atoms with Crippen LogP contribution in [0.15, 0.2) is 50.9 Å². The van der Waals surface area contributed by atoms with Gasteiger partial charge in [0.2, 0.25) is 5.13 Å². The van der Waals surface area contributed by atoms with Crippen molar-refractivity contribution in [2.75, 3.05) is 0 Å². The molecule has 23 heavy (non-hydrogen) atoms. The van der Waals surface area contributed by atoms with E-state index < -0.39 is 10.5 Å². The third kappa shape index (κ3) is 2.92. The number of nitro groups is 1. The molecule has 0 aliphatic heterocycles. The summed E-state index contributed by atoms with van der Waals surface area (Å²) in [6.07, 6.45) is 1.60. The van der Waals surface area contributed by atoms with E-state index in [-0.39, 0.29) is 11.4 Å². The van der Waals surface area contributed by atoms with E-state index in [1.54, 1.807) is 18.5 Å². The van der Waals surface area contributed by atoms with Crippen LogP contribution in [0.3, 0.4) is 0 Å². The monoisotopic (exact) mass is 330 g/mol. The molecule has 0 atom stereocenters. The van der Waals surface area contributed by atoms with Crippen molar-refractivity contribution < 1.29 is 4.92 Å². The zero-order valence-electron chi connectivity index (χ0n) is 11.8. The largest absolute Gasteiger partial charge is 0.299 e. The van der Waals surface area contributed by atoms with Crippen LogP contribution >= 0.6 is 11.3 Å². The van der Waals surface area contributed by atoms with Crippen molar-refractivity contribution in [3.8, 4) is 5.69 Å². The summed E-state index contributed by atoms with van der Waals surface area (Å²) in [5.41, 5.74) is 0.733. The molecule has 3 aromatic rings. The average molecular weight is 330 g/mol. The van der Waals surface area contributed by atoms with Gasteiger partial charge in [-0.05, 0) is 19.1 Å². The highest BCUT2D eigenvalue weighted by Crippen LogP contribution is 2.21. The molecule has 1 N–H and O–H groups in total. The minimum absolute atomic E-state index is 0.0474. The second-order valence-electron chi connectivity index (χ2n) is 4.51. The average Bonchev–Trinajstić information content (AvgIpc) is 3.14. The van der Waals surface area contributed by atoms with Crippen LogP contribution in [0.2, 0.25) is 0 Å². The fraction of sp³-hybridized carbons (Fsp3) is 0.0769. The molecule has 0 fully saturated rings. The molecule has 0 radical (unpaired) electrons. The van der Waals surface area contributed by atoms with Crippen LogP contribution < -0.4 is 5.56 Å². The van der Waals surface area contributed by atoms with Gasteiger partial charge in [0, 0.05) is 23.7 Å². The van der Waals surface area contributed by atoms with Gasteiger partial charge >= 0.3 is 0 Å². The number of aromatic nitrogens is 3. The Balaban J connectivity index is 1.97. The van der Waals surface area contributed by atoms with E-state index in [2.05, 4.69) is 20.3 Å². The Morgan fingerprint density at radius 1 is 1.30 bits per heavy atom.